The molecule has 2 aromatic heterocycles. The number of rotatable bonds is 6. The average Bonchev–Trinajstić information content (AvgIpc) is 2.99. The summed E-state index contributed by atoms with van der Waals surface area (Å²) in [6.07, 6.45) is 9.29. The first-order valence-electron chi connectivity index (χ1n) is 7.17. The zero-order valence-electron chi connectivity index (χ0n) is 12.7. The summed E-state index contributed by atoms with van der Waals surface area (Å²) in [5, 5.41) is 3.04. The number of hydrogen-bond donors (Lipinski definition) is 1. The molecule has 0 unspecified atom stereocenters. The molecule has 2 rings (SSSR count). The standard InChI is InChI=1S/C15H21N5O/c1-4-14-17-7-12(8-18-14)15(21)19-13(11(2)3)9-20-6-5-16-10-20/h5-8,10-11,13H,4,9H2,1-3H3,(H,19,21)/t13-/m1/s1. The van der Waals surface area contributed by atoms with Gasteiger partial charge in [-0.1, -0.05) is 20.8 Å². The zero-order chi connectivity index (χ0) is 15.2. The maximum Gasteiger partial charge on any atom is 0.254 e. The van der Waals surface area contributed by atoms with E-state index in [2.05, 4.69) is 34.1 Å². The lowest BCUT2D eigenvalue weighted by atomic mass is 10.0. The maximum absolute atomic E-state index is 12.3. The minimum Gasteiger partial charge on any atom is -0.347 e. The van der Waals surface area contributed by atoms with Crippen molar-refractivity contribution in [2.45, 2.75) is 39.8 Å². The lowest BCUT2D eigenvalue weighted by molar-refractivity contribution is 0.0919. The lowest BCUT2D eigenvalue weighted by Crippen LogP contribution is -2.41. The molecule has 0 aliphatic carbocycles. The molecule has 0 aliphatic heterocycles. The second-order valence-electron chi connectivity index (χ2n) is 5.32. The molecule has 0 saturated heterocycles. The largest absolute Gasteiger partial charge is 0.347 e. The molecule has 1 N–H and O–H groups in total. The molecule has 0 bridgehead atoms. The molecule has 0 saturated carbocycles. The highest BCUT2D eigenvalue weighted by molar-refractivity contribution is 5.93. The molecule has 2 heterocycles. The summed E-state index contributed by atoms with van der Waals surface area (Å²) < 4.78 is 1.96. The van der Waals surface area contributed by atoms with E-state index in [1.54, 1.807) is 24.9 Å². The Morgan fingerprint density at radius 2 is 2.05 bits per heavy atom. The Morgan fingerprint density at radius 3 is 2.57 bits per heavy atom. The second kappa shape index (κ2) is 6.97. The predicted octanol–water partition coefficient (Wildman–Crippen LogP) is 1.69. The van der Waals surface area contributed by atoms with Crippen molar-refractivity contribution in [1.82, 2.24) is 24.8 Å². The summed E-state index contributed by atoms with van der Waals surface area (Å²) in [5.74, 6) is 0.911. The summed E-state index contributed by atoms with van der Waals surface area (Å²) in [6, 6.07) is 0.0255. The van der Waals surface area contributed by atoms with Crippen LogP contribution in [0.1, 0.15) is 37.0 Å². The fourth-order valence-electron chi connectivity index (χ4n) is 1.95. The molecule has 1 atom stereocenters. The quantitative estimate of drug-likeness (QED) is 0.877. The smallest absolute Gasteiger partial charge is 0.254 e. The van der Waals surface area contributed by atoms with E-state index in [-0.39, 0.29) is 11.9 Å². The molecule has 112 valence electrons. The molecule has 0 radical (unpaired) electrons. The van der Waals surface area contributed by atoms with E-state index >= 15 is 0 Å². The van der Waals surface area contributed by atoms with E-state index in [1.807, 2.05) is 17.7 Å². The molecule has 0 aromatic carbocycles. The van der Waals surface area contributed by atoms with Crippen LogP contribution in [0.2, 0.25) is 0 Å². The van der Waals surface area contributed by atoms with Crippen LogP contribution >= 0.6 is 0 Å². The van der Waals surface area contributed by atoms with Crippen LogP contribution in [0.5, 0.6) is 0 Å². The van der Waals surface area contributed by atoms with Crippen LogP contribution in [0.3, 0.4) is 0 Å². The molecular weight excluding hydrogens is 266 g/mol. The third-order valence-corrected chi connectivity index (χ3v) is 3.37. The van der Waals surface area contributed by atoms with Gasteiger partial charge in [-0.2, -0.15) is 0 Å². The van der Waals surface area contributed by atoms with Crippen LogP contribution in [0.25, 0.3) is 0 Å². The van der Waals surface area contributed by atoms with Crippen LogP contribution in [0.15, 0.2) is 31.1 Å². The number of nitrogens with one attached hydrogen (secondary N) is 1. The number of aryl methyl sites for hydroxylation is 1. The second-order valence-corrected chi connectivity index (χ2v) is 5.32. The molecule has 6 heteroatoms. The highest BCUT2D eigenvalue weighted by atomic mass is 16.1. The van der Waals surface area contributed by atoms with Gasteiger partial charge in [0.15, 0.2) is 0 Å². The SMILES string of the molecule is CCc1ncc(C(=O)N[C@H](Cn2ccnc2)C(C)C)cn1. The number of nitrogens with zero attached hydrogens (tertiary/aromatic N) is 4. The van der Waals surface area contributed by atoms with Crippen LogP contribution < -0.4 is 5.32 Å². The molecule has 0 aliphatic rings. The van der Waals surface area contributed by atoms with Crippen molar-refractivity contribution in [3.8, 4) is 0 Å². The molecular formula is C15H21N5O. The summed E-state index contributed by atoms with van der Waals surface area (Å²) in [5.41, 5.74) is 0.489. The predicted molar refractivity (Wildman–Crippen MR) is 79.7 cm³/mol. The molecule has 0 fully saturated rings. The van der Waals surface area contributed by atoms with Crippen molar-refractivity contribution in [3.63, 3.8) is 0 Å². The molecule has 1 amide bonds. The van der Waals surface area contributed by atoms with Crippen LogP contribution in [0, 0.1) is 5.92 Å². The highest BCUT2D eigenvalue weighted by Gasteiger charge is 2.18. The van der Waals surface area contributed by atoms with E-state index in [0.29, 0.717) is 18.0 Å². The summed E-state index contributed by atoms with van der Waals surface area (Å²) in [7, 11) is 0. The third-order valence-electron chi connectivity index (χ3n) is 3.37. The van der Waals surface area contributed by atoms with Crippen LogP contribution in [-0.2, 0) is 13.0 Å². The van der Waals surface area contributed by atoms with Gasteiger partial charge >= 0.3 is 0 Å². The van der Waals surface area contributed by atoms with Crippen molar-refractivity contribution >= 4 is 5.91 Å². The minimum absolute atomic E-state index is 0.0255. The number of carbonyl (C=O) groups is 1. The third kappa shape index (κ3) is 4.11. The summed E-state index contributed by atoms with van der Waals surface area (Å²) in [6.45, 7) is 6.84. The fraction of sp³-hybridized carbons (Fsp3) is 0.467. The Hall–Kier alpha value is -2.24. The van der Waals surface area contributed by atoms with Gasteiger partial charge in [0.25, 0.3) is 5.91 Å². The Kier molecular flexibility index (Phi) is 5.03. The van der Waals surface area contributed by atoms with Gasteiger partial charge in [0.2, 0.25) is 0 Å². The first-order chi connectivity index (χ1) is 10.1. The topological polar surface area (TPSA) is 72.7 Å². The molecule has 0 spiro atoms. The Morgan fingerprint density at radius 1 is 1.33 bits per heavy atom. The molecule has 21 heavy (non-hydrogen) atoms. The highest BCUT2D eigenvalue weighted by Crippen LogP contribution is 2.07. The van der Waals surface area contributed by atoms with E-state index < -0.39 is 0 Å². The van der Waals surface area contributed by atoms with E-state index in [9.17, 15) is 4.79 Å². The van der Waals surface area contributed by atoms with E-state index in [4.69, 9.17) is 0 Å². The minimum atomic E-state index is -0.142. The van der Waals surface area contributed by atoms with Crippen LogP contribution in [-0.4, -0.2) is 31.5 Å². The fourth-order valence-corrected chi connectivity index (χ4v) is 1.95. The monoisotopic (exact) mass is 287 g/mol. The van der Waals surface area contributed by atoms with Gasteiger partial charge in [-0.05, 0) is 5.92 Å². The van der Waals surface area contributed by atoms with E-state index in [1.165, 1.54) is 0 Å². The summed E-state index contributed by atoms with van der Waals surface area (Å²) >= 11 is 0. The van der Waals surface area contributed by atoms with Crippen LogP contribution in [0.4, 0.5) is 0 Å². The van der Waals surface area contributed by atoms with Crippen molar-refractivity contribution in [2.24, 2.45) is 5.92 Å². The number of aromatic nitrogens is 4. The van der Waals surface area contributed by atoms with Gasteiger partial charge in [-0.15, -0.1) is 0 Å². The normalized spacial score (nSPS) is 12.4. The average molecular weight is 287 g/mol. The number of carbonyl (C=O) groups excluding carboxylic acids is 1. The van der Waals surface area contributed by atoms with Gasteiger partial charge < -0.3 is 9.88 Å². The molecule has 6 nitrogen and oxygen atoms in total. The Balaban J connectivity index is 2.03. The Labute approximate surface area is 124 Å². The Bertz CT molecular complexity index is 562. The van der Waals surface area contributed by atoms with E-state index in [0.717, 1.165) is 12.2 Å². The number of imidazole rings is 1. The van der Waals surface area contributed by atoms with Gasteiger partial charge in [-0.25, -0.2) is 15.0 Å². The van der Waals surface area contributed by atoms with Crippen molar-refractivity contribution in [3.05, 3.63) is 42.5 Å². The van der Waals surface area contributed by atoms with Crippen molar-refractivity contribution in [2.75, 3.05) is 0 Å². The van der Waals surface area contributed by atoms with Gasteiger partial charge in [-0.3, -0.25) is 4.79 Å². The maximum atomic E-state index is 12.3. The van der Waals surface area contributed by atoms with Crippen molar-refractivity contribution < 1.29 is 4.79 Å². The number of hydrogen-bond acceptors (Lipinski definition) is 4. The van der Waals surface area contributed by atoms with Gasteiger partial charge in [0, 0.05) is 43.8 Å². The lowest BCUT2D eigenvalue weighted by Gasteiger charge is -2.22. The zero-order valence-corrected chi connectivity index (χ0v) is 12.7. The first-order valence-corrected chi connectivity index (χ1v) is 7.17. The summed E-state index contributed by atoms with van der Waals surface area (Å²) in [4.78, 5) is 24.6. The van der Waals surface area contributed by atoms with Gasteiger partial charge in [0.1, 0.15) is 5.82 Å². The molecule has 2 aromatic rings. The number of amides is 1. The first kappa shape index (κ1) is 15.2. The van der Waals surface area contributed by atoms with Gasteiger partial charge in [0.05, 0.1) is 11.9 Å². The van der Waals surface area contributed by atoms with Crippen molar-refractivity contribution in [1.29, 1.82) is 0 Å².